The van der Waals surface area contributed by atoms with Gasteiger partial charge in [0.25, 0.3) is 0 Å². The van der Waals surface area contributed by atoms with Crippen LogP contribution < -0.4 is 14.8 Å². The van der Waals surface area contributed by atoms with Gasteiger partial charge in [-0.25, -0.2) is 0 Å². The molecule has 3 aromatic rings. The van der Waals surface area contributed by atoms with Gasteiger partial charge in [-0.1, -0.05) is 28.9 Å². The number of methoxy groups -OCH3 is 2. The fourth-order valence-corrected chi connectivity index (χ4v) is 5.30. The van der Waals surface area contributed by atoms with Crippen molar-refractivity contribution in [3.05, 3.63) is 58.9 Å². The van der Waals surface area contributed by atoms with Crippen molar-refractivity contribution >= 4 is 29.3 Å². The second kappa shape index (κ2) is 13.7. The summed E-state index contributed by atoms with van der Waals surface area (Å²) in [5.74, 6) is 4.52. The molecular weight excluding hydrogens is 512 g/mol. The Morgan fingerprint density at radius 2 is 1.89 bits per heavy atom. The van der Waals surface area contributed by atoms with Crippen LogP contribution in [0.1, 0.15) is 30.7 Å². The zero-order valence-corrected chi connectivity index (χ0v) is 22.8. The van der Waals surface area contributed by atoms with Gasteiger partial charge in [0, 0.05) is 28.8 Å². The van der Waals surface area contributed by atoms with E-state index in [-0.39, 0.29) is 11.8 Å². The summed E-state index contributed by atoms with van der Waals surface area (Å²) in [5, 5.41) is 8.00. The molecular formula is C27H33ClN4O4S. The summed E-state index contributed by atoms with van der Waals surface area (Å²) in [4.78, 5) is 19.4. The van der Waals surface area contributed by atoms with Gasteiger partial charge in [0.2, 0.25) is 17.6 Å². The first-order valence-electron chi connectivity index (χ1n) is 12.4. The molecule has 2 aromatic carbocycles. The molecule has 1 aromatic heterocycles. The van der Waals surface area contributed by atoms with Gasteiger partial charge < -0.3 is 19.3 Å². The fourth-order valence-electron chi connectivity index (χ4n) is 4.26. The summed E-state index contributed by atoms with van der Waals surface area (Å²) in [6, 6.07) is 13.5. The van der Waals surface area contributed by atoms with Crippen LogP contribution in [-0.4, -0.2) is 60.6 Å². The van der Waals surface area contributed by atoms with Crippen molar-refractivity contribution in [3.63, 3.8) is 0 Å². The Labute approximate surface area is 227 Å². The number of carbonyl (C=O) groups is 1. The monoisotopic (exact) mass is 544 g/mol. The van der Waals surface area contributed by atoms with Gasteiger partial charge in [0.15, 0.2) is 11.5 Å². The lowest BCUT2D eigenvalue weighted by atomic mass is 9.96. The van der Waals surface area contributed by atoms with E-state index in [0.29, 0.717) is 36.3 Å². The maximum Gasteiger partial charge on any atom is 0.241 e. The van der Waals surface area contributed by atoms with E-state index in [1.165, 1.54) is 5.56 Å². The highest BCUT2D eigenvalue weighted by Gasteiger charge is 2.26. The Kier molecular flexibility index (Phi) is 10.1. The SMILES string of the molecule is COc1ccc(-c2noc(CN3CCC(C(=O)NCCCSCc4ccc(Cl)cc4)CC3)n2)cc1OC. The number of halogens is 1. The Hall–Kier alpha value is -2.75. The van der Waals surface area contributed by atoms with Crippen LogP contribution in [0.4, 0.5) is 0 Å². The van der Waals surface area contributed by atoms with Gasteiger partial charge in [0.1, 0.15) is 0 Å². The number of likely N-dealkylation sites (tertiary alicyclic amines) is 1. The number of amides is 1. The molecule has 1 aliphatic heterocycles. The topological polar surface area (TPSA) is 89.7 Å². The molecule has 0 spiro atoms. The van der Waals surface area contributed by atoms with Gasteiger partial charge >= 0.3 is 0 Å². The third-order valence-corrected chi connectivity index (χ3v) is 7.74. The first kappa shape index (κ1) is 27.3. The van der Waals surface area contributed by atoms with Crippen LogP contribution in [0.5, 0.6) is 11.5 Å². The lowest BCUT2D eigenvalue weighted by molar-refractivity contribution is -0.126. The first-order valence-corrected chi connectivity index (χ1v) is 14.0. The quantitative estimate of drug-likeness (QED) is 0.316. The number of nitrogens with one attached hydrogen (secondary N) is 1. The number of thioether (sulfide) groups is 1. The number of benzene rings is 2. The van der Waals surface area contributed by atoms with E-state index >= 15 is 0 Å². The summed E-state index contributed by atoms with van der Waals surface area (Å²) >= 11 is 7.80. The number of hydrogen-bond acceptors (Lipinski definition) is 8. The molecule has 0 saturated carbocycles. The fraction of sp³-hybridized carbons (Fsp3) is 0.444. The van der Waals surface area contributed by atoms with E-state index in [2.05, 4.69) is 32.5 Å². The third kappa shape index (κ3) is 7.87. The summed E-state index contributed by atoms with van der Waals surface area (Å²) in [6.07, 6.45) is 2.62. The smallest absolute Gasteiger partial charge is 0.241 e. The molecule has 0 unspecified atom stereocenters. The van der Waals surface area contributed by atoms with Crippen LogP contribution in [0.25, 0.3) is 11.4 Å². The lowest BCUT2D eigenvalue weighted by Crippen LogP contribution is -2.40. The van der Waals surface area contributed by atoms with E-state index < -0.39 is 0 Å². The number of nitrogens with zero attached hydrogens (tertiary/aromatic N) is 3. The molecule has 1 saturated heterocycles. The van der Waals surface area contributed by atoms with Gasteiger partial charge in [-0.3, -0.25) is 9.69 Å². The zero-order valence-electron chi connectivity index (χ0n) is 21.2. The number of piperidine rings is 1. The standard InChI is InChI=1S/C27H33ClN4O4S/c1-34-23-9-6-21(16-24(23)35-2)26-30-25(36-31-26)17-32-13-10-20(11-14-32)27(33)29-12-3-15-37-18-19-4-7-22(28)8-5-19/h4-9,16,20H,3,10-15,17-18H2,1-2H3,(H,29,33). The van der Waals surface area contributed by atoms with Crippen LogP contribution in [0.3, 0.4) is 0 Å². The molecule has 0 atom stereocenters. The molecule has 37 heavy (non-hydrogen) atoms. The molecule has 10 heteroatoms. The van der Waals surface area contributed by atoms with E-state index in [0.717, 1.165) is 54.4 Å². The normalized spacial score (nSPS) is 14.5. The number of rotatable bonds is 12. The molecule has 1 N–H and O–H groups in total. The Balaban J connectivity index is 1.14. The van der Waals surface area contributed by atoms with Crippen LogP contribution in [0.2, 0.25) is 5.02 Å². The maximum absolute atomic E-state index is 12.6. The van der Waals surface area contributed by atoms with Crippen molar-refractivity contribution in [1.82, 2.24) is 20.4 Å². The van der Waals surface area contributed by atoms with Crippen LogP contribution in [0.15, 0.2) is 47.0 Å². The molecule has 1 aliphatic rings. The molecule has 0 bridgehead atoms. The average molecular weight is 545 g/mol. The minimum Gasteiger partial charge on any atom is -0.493 e. The molecule has 1 fully saturated rings. The van der Waals surface area contributed by atoms with E-state index in [4.69, 9.17) is 25.6 Å². The van der Waals surface area contributed by atoms with Crippen molar-refractivity contribution in [1.29, 1.82) is 0 Å². The number of carbonyl (C=O) groups excluding carboxylic acids is 1. The molecule has 1 amide bonds. The molecule has 8 nitrogen and oxygen atoms in total. The number of ether oxygens (including phenoxy) is 2. The van der Waals surface area contributed by atoms with Gasteiger partial charge in [-0.05, 0) is 74.0 Å². The minimum absolute atomic E-state index is 0.0583. The first-order chi connectivity index (χ1) is 18.1. The summed E-state index contributed by atoms with van der Waals surface area (Å²) in [5.41, 5.74) is 2.06. The van der Waals surface area contributed by atoms with Crippen molar-refractivity contribution < 1.29 is 18.8 Å². The predicted molar refractivity (Wildman–Crippen MR) is 146 cm³/mol. The van der Waals surface area contributed by atoms with Crippen LogP contribution in [-0.2, 0) is 17.1 Å². The lowest BCUT2D eigenvalue weighted by Gasteiger charge is -2.30. The largest absolute Gasteiger partial charge is 0.493 e. The maximum atomic E-state index is 12.6. The average Bonchev–Trinajstić information content (AvgIpc) is 3.40. The highest BCUT2D eigenvalue weighted by atomic mass is 35.5. The van der Waals surface area contributed by atoms with Gasteiger partial charge in [-0.15, -0.1) is 0 Å². The molecule has 4 rings (SSSR count). The summed E-state index contributed by atoms with van der Waals surface area (Å²) in [7, 11) is 3.19. The zero-order chi connectivity index (χ0) is 26.0. The van der Waals surface area contributed by atoms with Crippen LogP contribution >= 0.6 is 23.4 Å². The van der Waals surface area contributed by atoms with Crippen LogP contribution in [0, 0.1) is 5.92 Å². The second-order valence-corrected chi connectivity index (χ2v) is 10.5. The van der Waals surface area contributed by atoms with Crippen molar-refractivity contribution in [3.8, 4) is 22.9 Å². The number of aromatic nitrogens is 2. The summed E-state index contributed by atoms with van der Waals surface area (Å²) in [6.45, 7) is 2.93. The molecule has 0 radical (unpaired) electrons. The predicted octanol–water partition coefficient (Wildman–Crippen LogP) is 5.06. The molecule has 198 valence electrons. The van der Waals surface area contributed by atoms with Crippen molar-refractivity contribution in [2.24, 2.45) is 5.92 Å². The van der Waals surface area contributed by atoms with Gasteiger partial charge in [0.05, 0.1) is 20.8 Å². The van der Waals surface area contributed by atoms with Crippen molar-refractivity contribution in [2.75, 3.05) is 39.6 Å². The van der Waals surface area contributed by atoms with E-state index in [1.54, 1.807) is 14.2 Å². The Morgan fingerprint density at radius 1 is 1.14 bits per heavy atom. The second-order valence-electron chi connectivity index (χ2n) is 8.96. The molecule has 0 aliphatic carbocycles. The van der Waals surface area contributed by atoms with Gasteiger partial charge in [-0.2, -0.15) is 16.7 Å². The number of hydrogen-bond donors (Lipinski definition) is 1. The van der Waals surface area contributed by atoms with E-state index in [1.807, 2.05) is 42.1 Å². The minimum atomic E-state index is 0.0583. The highest BCUT2D eigenvalue weighted by molar-refractivity contribution is 7.98. The Bertz CT molecular complexity index is 1150. The molecule has 2 heterocycles. The third-order valence-electron chi connectivity index (χ3n) is 6.37. The summed E-state index contributed by atoms with van der Waals surface area (Å²) < 4.78 is 16.1. The van der Waals surface area contributed by atoms with E-state index in [9.17, 15) is 4.79 Å². The van der Waals surface area contributed by atoms with Crippen molar-refractivity contribution in [2.45, 2.75) is 31.6 Å². The Morgan fingerprint density at radius 3 is 2.62 bits per heavy atom. The highest BCUT2D eigenvalue weighted by Crippen LogP contribution is 2.31.